The minimum atomic E-state index is -0.153. The monoisotopic (exact) mass is 278 g/mol. The Bertz CT molecular complexity index is 413. The van der Waals surface area contributed by atoms with Crippen LogP contribution in [0.25, 0.3) is 0 Å². The molecule has 5 nitrogen and oxygen atoms in total. The van der Waals surface area contributed by atoms with Crippen molar-refractivity contribution in [2.75, 3.05) is 12.3 Å². The quantitative estimate of drug-likeness (QED) is 0.545. The molecule has 1 aromatic heterocycles. The van der Waals surface area contributed by atoms with E-state index in [4.69, 9.17) is 16.3 Å². The van der Waals surface area contributed by atoms with Gasteiger partial charge in [-0.3, -0.25) is 11.3 Å². The maximum absolute atomic E-state index is 6.14. The molecule has 1 fully saturated rings. The van der Waals surface area contributed by atoms with Crippen molar-refractivity contribution in [2.24, 2.45) is 5.84 Å². The predicted octanol–water partition coefficient (Wildman–Crippen LogP) is 1.78. The topological polar surface area (TPSA) is 86.2 Å². The van der Waals surface area contributed by atoms with Crippen molar-refractivity contribution in [3.63, 3.8) is 0 Å². The molecule has 1 atom stereocenters. The predicted molar refractivity (Wildman–Crippen MR) is 80.9 cm³/mol. The van der Waals surface area contributed by atoms with Crippen molar-refractivity contribution in [1.29, 1.82) is 0 Å². The fraction of sp³-hybridized carbons (Fsp3) is 0.667. The van der Waals surface area contributed by atoms with Crippen LogP contribution in [0, 0.1) is 0 Å². The van der Waals surface area contributed by atoms with Crippen LogP contribution in [0.1, 0.15) is 44.6 Å². The SMILES string of the molecule is CCOC1(C(Cc2ccnc(N)c2)NN)CCCCC1. The third-order valence-corrected chi connectivity index (χ3v) is 4.25. The summed E-state index contributed by atoms with van der Waals surface area (Å²) in [7, 11) is 0. The van der Waals surface area contributed by atoms with Gasteiger partial charge in [0.25, 0.3) is 0 Å². The van der Waals surface area contributed by atoms with Crippen molar-refractivity contribution >= 4 is 5.82 Å². The largest absolute Gasteiger partial charge is 0.384 e. The summed E-state index contributed by atoms with van der Waals surface area (Å²) in [5, 5.41) is 0. The van der Waals surface area contributed by atoms with Crippen molar-refractivity contribution in [1.82, 2.24) is 10.4 Å². The first-order valence-corrected chi connectivity index (χ1v) is 7.50. The fourth-order valence-electron chi connectivity index (χ4n) is 3.28. The molecule has 1 unspecified atom stereocenters. The standard InChI is InChI=1S/C15H26N4O/c1-2-20-15(7-4-3-5-8-15)13(19-17)10-12-6-9-18-14(16)11-12/h6,9,11,13,19H,2-5,7-8,10,17H2,1H3,(H2,16,18). The number of anilines is 1. The number of hydrogen-bond donors (Lipinski definition) is 3. The molecule has 1 saturated carbocycles. The van der Waals surface area contributed by atoms with Crippen LogP contribution in [0.3, 0.4) is 0 Å². The van der Waals surface area contributed by atoms with Crippen LogP contribution in [0.2, 0.25) is 0 Å². The van der Waals surface area contributed by atoms with Crippen molar-refractivity contribution < 1.29 is 4.74 Å². The Morgan fingerprint density at radius 2 is 2.15 bits per heavy atom. The number of pyridine rings is 1. The lowest BCUT2D eigenvalue weighted by atomic mass is 9.77. The zero-order valence-electron chi connectivity index (χ0n) is 12.3. The molecular weight excluding hydrogens is 252 g/mol. The molecular formula is C15H26N4O. The second kappa shape index (κ2) is 7.02. The summed E-state index contributed by atoms with van der Waals surface area (Å²) in [5.41, 5.74) is 9.72. The van der Waals surface area contributed by atoms with E-state index in [1.165, 1.54) is 19.3 Å². The average molecular weight is 278 g/mol. The van der Waals surface area contributed by atoms with Crippen LogP contribution >= 0.6 is 0 Å². The molecule has 20 heavy (non-hydrogen) atoms. The van der Waals surface area contributed by atoms with Crippen LogP contribution in [0.5, 0.6) is 0 Å². The van der Waals surface area contributed by atoms with Gasteiger partial charge in [-0.1, -0.05) is 19.3 Å². The molecule has 0 aliphatic heterocycles. The minimum Gasteiger partial charge on any atom is -0.384 e. The van der Waals surface area contributed by atoms with E-state index in [0.29, 0.717) is 5.82 Å². The number of rotatable bonds is 6. The first kappa shape index (κ1) is 15.2. The summed E-state index contributed by atoms with van der Waals surface area (Å²) in [4.78, 5) is 4.03. The summed E-state index contributed by atoms with van der Waals surface area (Å²) in [6.45, 7) is 2.77. The van der Waals surface area contributed by atoms with E-state index in [2.05, 4.69) is 10.4 Å². The van der Waals surface area contributed by atoms with E-state index in [1.54, 1.807) is 6.20 Å². The van der Waals surface area contributed by atoms with Gasteiger partial charge in [0, 0.05) is 12.8 Å². The average Bonchev–Trinajstić information content (AvgIpc) is 2.46. The molecule has 0 radical (unpaired) electrons. The third kappa shape index (κ3) is 3.48. The van der Waals surface area contributed by atoms with Crippen molar-refractivity contribution in [3.8, 4) is 0 Å². The molecule has 1 aliphatic carbocycles. The molecule has 0 spiro atoms. The van der Waals surface area contributed by atoms with Crippen LogP contribution in [0.4, 0.5) is 5.82 Å². The van der Waals surface area contributed by atoms with E-state index < -0.39 is 0 Å². The van der Waals surface area contributed by atoms with Gasteiger partial charge in [-0.15, -0.1) is 0 Å². The first-order chi connectivity index (χ1) is 9.70. The maximum atomic E-state index is 6.14. The lowest BCUT2D eigenvalue weighted by Crippen LogP contribution is -2.57. The Hall–Kier alpha value is -1.17. The highest BCUT2D eigenvalue weighted by Crippen LogP contribution is 2.35. The maximum Gasteiger partial charge on any atom is 0.123 e. The van der Waals surface area contributed by atoms with E-state index in [-0.39, 0.29) is 11.6 Å². The van der Waals surface area contributed by atoms with Crippen LogP contribution in [-0.2, 0) is 11.2 Å². The number of aromatic nitrogens is 1. The number of nitrogens with two attached hydrogens (primary N) is 2. The highest BCUT2D eigenvalue weighted by Gasteiger charge is 2.40. The Morgan fingerprint density at radius 3 is 2.75 bits per heavy atom. The van der Waals surface area contributed by atoms with Crippen LogP contribution in [0.15, 0.2) is 18.3 Å². The number of hydrazine groups is 1. The number of nitrogens with zero attached hydrogens (tertiary/aromatic N) is 1. The van der Waals surface area contributed by atoms with E-state index in [1.807, 2.05) is 19.1 Å². The normalized spacial score (nSPS) is 19.7. The fourth-order valence-corrected chi connectivity index (χ4v) is 3.28. The van der Waals surface area contributed by atoms with Gasteiger partial charge in [-0.05, 0) is 43.9 Å². The summed E-state index contributed by atoms with van der Waals surface area (Å²) < 4.78 is 6.14. The van der Waals surface area contributed by atoms with E-state index in [9.17, 15) is 0 Å². The molecule has 1 aliphatic rings. The summed E-state index contributed by atoms with van der Waals surface area (Å²) in [6.07, 6.45) is 8.38. The summed E-state index contributed by atoms with van der Waals surface area (Å²) in [5.74, 6) is 6.38. The number of nitrogens with one attached hydrogen (secondary N) is 1. The number of ether oxygens (including phenoxy) is 1. The smallest absolute Gasteiger partial charge is 0.123 e. The molecule has 0 saturated heterocycles. The van der Waals surface area contributed by atoms with Gasteiger partial charge in [0.2, 0.25) is 0 Å². The van der Waals surface area contributed by atoms with E-state index >= 15 is 0 Å². The zero-order valence-corrected chi connectivity index (χ0v) is 12.3. The highest BCUT2D eigenvalue weighted by atomic mass is 16.5. The van der Waals surface area contributed by atoms with Gasteiger partial charge < -0.3 is 10.5 Å². The number of hydrogen-bond acceptors (Lipinski definition) is 5. The zero-order chi connectivity index (χ0) is 14.4. The molecule has 0 aromatic carbocycles. The lowest BCUT2D eigenvalue weighted by Gasteiger charge is -2.43. The van der Waals surface area contributed by atoms with E-state index in [0.717, 1.165) is 31.4 Å². The molecule has 5 heteroatoms. The Labute approximate surface area is 121 Å². The van der Waals surface area contributed by atoms with Crippen LogP contribution < -0.4 is 17.0 Å². The lowest BCUT2D eigenvalue weighted by molar-refractivity contribution is -0.0898. The van der Waals surface area contributed by atoms with Gasteiger partial charge in [0.1, 0.15) is 5.82 Å². The van der Waals surface area contributed by atoms with Crippen LogP contribution in [-0.4, -0.2) is 23.2 Å². The first-order valence-electron chi connectivity index (χ1n) is 7.50. The Morgan fingerprint density at radius 1 is 1.40 bits per heavy atom. The molecule has 1 aromatic rings. The highest BCUT2D eigenvalue weighted by molar-refractivity contribution is 5.32. The third-order valence-electron chi connectivity index (χ3n) is 4.25. The molecule has 2 rings (SSSR count). The molecule has 5 N–H and O–H groups in total. The second-order valence-electron chi connectivity index (χ2n) is 5.57. The van der Waals surface area contributed by atoms with Gasteiger partial charge in [-0.25, -0.2) is 4.98 Å². The van der Waals surface area contributed by atoms with Crippen molar-refractivity contribution in [2.45, 2.75) is 57.1 Å². The summed E-state index contributed by atoms with van der Waals surface area (Å²) in [6, 6.07) is 4.00. The molecule has 1 heterocycles. The molecule has 0 bridgehead atoms. The van der Waals surface area contributed by atoms with Gasteiger partial charge in [0.15, 0.2) is 0 Å². The second-order valence-corrected chi connectivity index (χ2v) is 5.57. The number of nitrogen functional groups attached to an aromatic ring is 1. The molecule has 0 amide bonds. The minimum absolute atomic E-state index is 0.101. The Kier molecular flexibility index (Phi) is 5.34. The van der Waals surface area contributed by atoms with Gasteiger partial charge in [0.05, 0.1) is 11.6 Å². The van der Waals surface area contributed by atoms with Gasteiger partial charge in [-0.2, -0.15) is 0 Å². The molecule has 112 valence electrons. The summed E-state index contributed by atoms with van der Waals surface area (Å²) >= 11 is 0. The Balaban J connectivity index is 2.15. The van der Waals surface area contributed by atoms with Gasteiger partial charge >= 0.3 is 0 Å². The van der Waals surface area contributed by atoms with Crippen molar-refractivity contribution in [3.05, 3.63) is 23.9 Å².